The van der Waals surface area contributed by atoms with Crippen LogP contribution >= 0.6 is 0 Å². The van der Waals surface area contributed by atoms with Crippen LogP contribution in [0.25, 0.3) is 10.9 Å². The Morgan fingerprint density at radius 3 is 2.79 bits per heavy atom. The molecule has 7 heteroatoms. The van der Waals surface area contributed by atoms with Crippen molar-refractivity contribution in [1.82, 2.24) is 15.2 Å². The molecule has 1 aliphatic rings. The van der Waals surface area contributed by atoms with Crippen molar-refractivity contribution in [2.45, 2.75) is 58.0 Å². The Kier molecular flexibility index (Phi) is 7.52. The zero-order chi connectivity index (χ0) is 20.6. The molecule has 0 saturated heterocycles. The Bertz CT molecular complexity index is 874. The van der Waals surface area contributed by atoms with Gasteiger partial charge in [-0.15, -0.1) is 0 Å². The number of aliphatic hydroxyl groups excluding tert-OH is 1. The maximum Gasteiger partial charge on any atom is 0.317 e. The minimum Gasteiger partial charge on any atom is -0.494 e. The number of aromatic nitrogens is 1. The first kappa shape index (κ1) is 21.2. The smallest absolute Gasteiger partial charge is 0.317 e. The number of nitrogens with zero attached hydrogens (tertiary/aromatic N) is 1. The van der Waals surface area contributed by atoms with Crippen LogP contribution < -0.4 is 15.6 Å². The molecule has 1 aromatic heterocycles. The van der Waals surface area contributed by atoms with Crippen LogP contribution in [0.2, 0.25) is 0 Å². The summed E-state index contributed by atoms with van der Waals surface area (Å²) in [5, 5.41) is 13.2. The third-order valence-electron chi connectivity index (χ3n) is 5.37. The van der Waals surface area contributed by atoms with Gasteiger partial charge in [0.15, 0.2) is 0 Å². The molecule has 1 heterocycles. The SMILES string of the molecule is CCOc1ccc2[nH]c(=O)c(CN(CCCO)C(=O)NC3CCCCC3)cc2c1. The van der Waals surface area contributed by atoms with E-state index in [0.29, 0.717) is 25.1 Å². The number of amides is 2. The molecule has 2 amide bonds. The summed E-state index contributed by atoms with van der Waals surface area (Å²) >= 11 is 0. The molecular formula is C22H31N3O4. The molecule has 2 aromatic rings. The average Bonchev–Trinajstić information content (AvgIpc) is 2.72. The first-order valence-electron chi connectivity index (χ1n) is 10.6. The zero-order valence-corrected chi connectivity index (χ0v) is 17.1. The van der Waals surface area contributed by atoms with Crippen LogP contribution in [0, 0.1) is 0 Å². The topological polar surface area (TPSA) is 94.7 Å². The molecular weight excluding hydrogens is 370 g/mol. The Labute approximate surface area is 171 Å². The van der Waals surface area contributed by atoms with Crippen molar-refractivity contribution in [2.75, 3.05) is 19.8 Å². The molecule has 0 unspecified atom stereocenters. The fourth-order valence-electron chi connectivity index (χ4n) is 3.84. The normalized spacial score (nSPS) is 14.7. The second-order valence-electron chi connectivity index (χ2n) is 7.59. The Hall–Kier alpha value is -2.54. The van der Waals surface area contributed by atoms with Crippen molar-refractivity contribution < 1.29 is 14.6 Å². The highest BCUT2D eigenvalue weighted by molar-refractivity contribution is 5.81. The molecule has 1 aliphatic carbocycles. The van der Waals surface area contributed by atoms with Crippen LogP contribution in [0.15, 0.2) is 29.1 Å². The van der Waals surface area contributed by atoms with Gasteiger partial charge in [-0.3, -0.25) is 4.79 Å². The molecule has 0 radical (unpaired) electrons. The van der Waals surface area contributed by atoms with Gasteiger partial charge >= 0.3 is 6.03 Å². The first-order chi connectivity index (χ1) is 14.1. The molecule has 0 bridgehead atoms. The number of nitrogens with one attached hydrogen (secondary N) is 2. The van der Waals surface area contributed by atoms with Gasteiger partial charge in [-0.25, -0.2) is 4.79 Å². The van der Waals surface area contributed by atoms with E-state index in [9.17, 15) is 14.7 Å². The van der Waals surface area contributed by atoms with E-state index in [1.165, 1.54) is 6.42 Å². The number of hydrogen-bond donors (Lipinski definition) is 3. The molecule has 1 saturated carbocycles. The number of aromatic amines is 1. The Morgan fingerprint density at radius 1 is 1.28 bits per heavy atom. The highest BCUT2D eigenvalue weighted by Gasteiger charge is 2.21. The van der Waals surface area contributed by atoms with Crippen LogP contribution in [0.5, 0.6) is 5.75 Å². The first-order valence-corrected chi connectivity index (χ1v) is 10.6. The third-order valence-corrected chi connectivity index (χ3v) is 5.37. The number of aliphatic hydroxyl groups is 1. The summed E-state index contributed by atoms with van der Waals surface area (Å²) in [6.45, 7) is 3.08. The van der Waals surface area contributed by atoms with Crippen LogP contribution in [-0.2, 0) is 6.54 Å². The van der Waals surface area contributed by atoms with Crippen molar-refractivity contribution in [3.8, 4) is 5.75 Å². The fourth-order valence-corrected chi connectivity index (χ4v) is 3.84. The highest BCUT2D eigenvalue weighted by atomic mass is 16.5. The lowest BCUT2D eigenvalue weighted by Crippen LogP contribution is -2.46. The van der Waals surface area contributed by atoms with Crippen molar-refractivity contribution >= 4 is 16.9 Å². The summed E-state index contributed by atoms with van der Waals surface area (Å²) in [6, 6.07) is 7.37. The number of hydrogen-bond acceptors (Lipinski definition) is 4. The van der Waals surface area contributed by atoms with Crippen molar-refractivity contribution in [3.05, 3.63) is 40.2 Å². The summed E-state index contributed by atoms with van der Waals surface area (Å²) in [7, 11) is 0. The largest absolute Gasteiger partial charge is 0.494 e. The quantitative estimate of drug-likeness (QED) is 0.633. The standard InChI is InChI=1S/C22H31N3O4/c1-2-29-19-9-10-20-16(14-19)13-17(21(27)24-20)15-25(11-6-12-26)22(28)23-18-7-4-3-5-8-18/h9-10,13-14,18,26H,2-8,11-12,15H2,1H3,(H,23,28)(H,24,27). The van der Waals surface area contributed by atoms with Crippen LogP contribution in [0.1, 0.15) is 51.0 Å². The van der Waals surface area contributed by atoms with E-state index in [1.807, 2.05) is 31.2 Å². The van der Waals surface area contributed by atoms with Crippen LogP contribution in [0.4, 0.5) is 4.79 Å². The number of benzene rings is 1. The summed E-state index contributed by atoms with van der Waals surface area (Å²) < 4.78 is 5.55. The predicted molar refractivity (Wildman–Crippen MR) is 113 cm³/mol. The van der Waals surface area contributed by atoms with Crippen molar-refractivity contribution in [1.29, 1.82) is 0 Å². The molecule has 158 valence electrons. The van der Waals surface area contributed by atoms with Gasteiger partial charge in [0.2, 0.25) is 0 Å². The monoisotopic (exact) mass is 401 g/mol. The van der Waals surface area contributed by atoms with Gasteiger partial charge in [0.1, 0.15) is 5.75 Å². The third kappa shape index (κ3) is 5.73. The van der Waals surface area contributed by atoms with Gasteiger partial charge in [0, 0.05) is 35.7 Å². The number of carbonyl (C=O) groups excluding carboxylic acids is 1. The van der Waals surface area contributed by atoms with Crippen molar-refractivity contribution in [2.24, 2.45) is 0 Å². The molecule has 0 spiro atoms. The summed E-state index contributed by atoms with van der Waals surface area (Å²) in [5.41, 5.74) is 1.04. The van der Waals surface area contributed by atoms with E-state index in [1.54, 1.807) is 4.90 Å². The minimum atomic E-state index is -0.207. The number of fused-ring (bicyclic) bond motifs is 1. The molecule has 0 atom stereocenters. The summed E-state index contributed by atoms with van der Waals surface area (Å²) in [6.07, 6.45) is 5.95. The molecule has 1 fully saturated rings. The van der Waals surface area contributed by atoms with E-state index >= 15 is 0 Å². The zero-order valence-electron chi connectivity index (χ0n) is 17.1. The van der Waals surface area contributed by atoms with Crippen molar-refractivity contribution in [3.63, 3.8) is 0 Å². The molecule has 0 aliphatic heterocycles. The highest BCUT2D eigenvalue weighted by Crippen LogP contribution is 2.20. The van der Waals surface area contributed by atoms with Crippen LogP contribution in [-0.4, -0.2) is 46.8 Å². The van der Waals surface area contributed by atoms with Gasteiger partial charge in [-0.05, 0) is 50.5 Å². The number of urea groups is 1. The second kappa shape index (κ2) is 10.3. The summed E-state index contributed by atoms with van der Waals surface area (Å²) in [4.78, 5) is 29.9. The number of rotatable bonds is 8. The molecule has 1 aromatic carbocycles. The van der Waals surface area contributed by atoms with Gasteiger partial charge < -0.3 is 25.0 Å². The number of ether oxygens (including phenoxy) is 1. The Morgan fingerprint density at radius 2 is 2.07 bits per heavy atom. The lowest BCUT2D eigenvalue weighted by atomic mass is 9.96. The molecule has 7 nitrogen and oxygen atoms in total. The predicted octanol–water partition coefficient (Wildman–Crippen LogP) is 3.15. The maximum atomic E-state index is 12.8. The number of pyridine rings is 1. The average molecular weight is 402 g/mol. The number of H-pyrrole nitrogens is 1. The van der Waals surface area contributed by atoms with E-state index in [-0.39, 0.29) is 30.8 Å². The minimum absolute atomic E-state index is 0.000989. The van der Waals surface area contributed by atoms with Gasteiger partial charge in [-0.1, -0.05) is 19.3 Å². The number of carbonyl (C=O) groups is 1. The Balaban J connectivity index is 1.79. The van der Waals surface area contributed by atoms with E-state index in [0.717, 1.165) is 42.3 Å². The van der Waals surface area contributed by atoms with Gasteiger partial charge in [-0.2, -0.15) is 0 Å². The van der Waals surface area contributed by atoms with Gasteiger partial charge in [0.05, 0.1) is 13.2 Å². The lowest BCUT2D eigenvalue weighted by molar-refractivity contribution is 0.179. The second-order valence-corrected chi connectivity index (χ2v) is 7.59. The maximum absolute atomic E-state index is 12.8. The van der Waals surface area contributed by atoms with E-state index in [2.05, 4.69) is 10.3 Å². The van der Waals surface area contributed by atoms with Gasteiger partial charge in [0.25, 0.3) is 5.56 Å². The van der Waals surface area contributed by atoms with E-state index < -0.39 is 0 Å². The lowest BCUT2D eigenvalue weighted by Gasteiger charge is -2.28. The summed E-state index contributed by atoms with van der Waals surface area (Å²) in [5.74, 6) is 0.741. The molecule has 29 heavy (non-hydrogen) atoms. The molecule has 3 rings (SSSR count). The fraction of sp³-hybridized carbons (Fsp3) is 0.545. The van der Waals surface area contributed by atoms with E-state index in [4.69, 9.17) is 4.74 Å². The molecule has 3 N–H and O–H groups in total. The van der Waals surface area contributed by atoms with Crippen LogP contribution in [0.3, 0.4) is 0 Å².